The summed E-state index contributed by atoms with van der Waals surface area (Å²) in [5.74, 6) is 1.68. The van der Waals surface area contributed by atoms with Gasteiger partial charge >= 0.3 is 6.08 Å². The zero-order chi connectivity index (χ0) is 18.5. The molecule has 0 amide bonds. The topological polar surface area (TPSA) is 47.3 Å². The first kappa shape index (κ1) is 18.1. The lowest BCUT2D eigenvalue weighted by atomic mass is 10.0. The first-order valence-electron chi connectivity index (χ1n) is 10.2. The second kappa shape index (κ2) is 8.57. The molecule has 1 saturated carbocycles. The molecular formula is C23H28N2O2. The number of rotatable bonds is 10. The summed E-state index contributed by atoms with van der Waals surface area (Å²) in [4.78, 5) is 4.35. The highest BCUT2D eigenvalue weighted by Crippen LogP contribution is 2.34. The molecule has 1 N–H and O–H groups in total. The molecule has 1 aliphatic carbocycles. The van der Waals surface area contributed by atoms with Crippen LogP contribution in [-0.4, -0.2) is 17.6 Å². The van der Waals surface area contributed by atoms with E-state index in [1.54, 1.807) is 0 Å². The van der Waals surface area contributed by atoms with Crippen molar-refractivity contribution in [2.45, 2.75) is 51.5 Å². The maximum Gasteiger partial charge on any atom is 0.400 e. The van der Waals surface area contributed by atoms with Crippen molar-refractivity contribution in [2.75, 3.05) is 6.54 Å². The minimum absolute atomic E-state index is 0.290. The number of ether oxygens (including phenoxy) is 1. The van der Waals surface area contributed by atoms with Gasteiger partial charge in [-0.1, -0.05) is 31.2 Å². The highest BCUT2D eigenvalue weighted by Gasteiger charge is 2.29. The molecule has 1 aliphatic rings. The van der Waals surface area contributed by atoms with E-state index in [0.29, 0.717) is 12.1 Å². The molecule has 0 aliphatic heterocycles. The third-order valence-electron chi connectivity index (χ3n) is 5.23. The summed E-state index contributed by atoms with van der Waals surface area (Å²) in [7, 11) is 0. The quantitative estimate of drug-likeness (QED) is 0.500. The molecule has 142 valence electrons. The lowest BCUT2D eigenvalue weighted by molar-refractivity contribution is 0.343. The lowest BCUT2D eigenvalue weighted by Gasteiger charge is -2.17. The molecule has 1 unspecified atom stereocenters. The van der Waals surface area contributed by atoms with E-state index < -0.39 is 0 Å². The molecule has 1 aromatic heterocycles. The number of benzene rings is 2. The predicted octanol–water partition coefficient (Wildman–Crippen LogP) is 5.72. The first-order valence-corrected chi connectivity index (χ1v) is 10.2. The Morgan fingerprint density at radius 3 is 2.70 bits per heavy atom. The number of hydrogen-bond acceptors (Lipinski definition) is 4. The van der Waals surface area contributed by atoms with E-state index in [9.17, 15) is 0 Å². The smallest absolute Gasteiger partial charge is 0.400 e. The van der Waals surface area contributed by atoms with Crippen LogP contribution in [0.2, 0.25) is 0 Å². The van der Waals surface area contributed by atoms with E-state index in [-0.39, 0.29) is 0 Å². The van der Waals surface area contributed by atoms with E-state index in [1.807, 2.05) is 36.4 Å². The molecule has 1 fully saturated rings. The molecule has 1 atom stereocenters. The van der Waals surface area contributed by atoms with Crippen LogP contribution < -0.4 is 10.1 Å². The highest BCUT2D eigenvalue weighted by atomic mass is 16.6. The summed E-state index contributed by atoms with van der Waals surface area (Å²) in [6.07, 6.45) is 7.92. The number of hydrogen-bond donors (Lipinski definition) is 1. The van der Waals surface area contributed by atoms with Gasteiger partial charge in [0, 0.05) is 6.04 Å². The average Bonchev–Trinajstić information content (AvgIpc) is 3.45. The van der Waals surface area contributed by atoms with Crippen LogP contribution in [-0.2, 0) is 6.42 Å². The van der Waals surface area contributed by atoms with Crippen LogP contribution in [0.5, 0.6) is 11.8 Å². The fourth-order valence-electron chi connectivity index (χ4n) is 3.58. The minimum atomic E-state index is 0.290. The number of nitrogens with zero attached hydrogens (tertiary/aromatic N) is 1. The lowest BCUT2D eigenvalue weighted by Crippen LogP contribution is -2.31. The Labute approximate surface area is 160 Å². The second-order valence-electron chi connectivity index (χ2n) is 7.48. The molecule has 1 heterocycles. The monoisotopic (exact) mass is 364 g/mol. The van der Waals surface area contributed by atoms with Gasteiger partial charge < -0.3 is 14.5 Å². The Hall–Kier alpha value is -2.33. The van der Waals surface area contributed by atoms with Gasteiger partial charge in [-0.05, 0) is 80.8 Å². The number of para-hydroxylation sites is 2. The molecular weight excluding hydrogens is 336 g/mol. The molecule has 4 nitrogen and oxygen atoms in total. The number of nitrogens with one attached hydrogen (secondary N) is 1. The molecule has 3 aromatic rings. The minimum Gasteiger partial charge on any atom is -0.411 e. The third-order valence-corrected chi connectivity index (χ3v) is 5.23. The summed E-state index contributed by atoms with van der Waals surface area (Å²) in [6, 6.07) is 16.7. The SMILES string of the molecule is CCCNC(CCCc1ccc(Oc2nc3ccccc3o2)cc1)C1CC1. The molecule has 0 bridgehead atoms. The van der Waals surface area contributed by atoms with Crippen LogP contribution in [0.1, 0.15) is 44.6 Å². The van der Waals surface area contributed by atoms with Crippen molar-refractivity contribution in [1.29, 1.82) is 0 Å². The number of aryl methyl sites for hydroxylation is 1. The molecule has 2 aromatic carbocycles. The summed E-state index contributed by atoms with van der Waals surface area (Å²) >= 11 is 0. The van der Waals surface area contributed by atoms with Gasteiger partial charge in [0.05, 0.1) is 0 Å². The highest BCUT2D eigenvalue weighted by molar-refractivity contribution is 5.72. The summed E-state index contributed by atoms with van der Waals surface area (Å²) in [6.45, 7) is 3.38. The van der Waals surface area contributed by atoms with Crippen LogP contribution in [0.15, 0.2) is 52.9 Å². The van der Waals surface area contributed by atoms with Crippen molar-refractivity contribution in [3.63, 3.8) is 0 Å². The predicted molar refractivity (Wildman–Crippen MR) is 108 cm³/mol. The van der Waals surface area contributed by atoms with E-state index in [0.717, 1.165) is 35.7 Å². The standard InChI is InChI=1S/C23H28N2O2/c1-2-16-24-20(18-12-13-18)8-5-6-17-10-14-19(15-11-17)26-23-25-21-7-3-4-9-22(21)27-23/h3-4,7,9-11,14-15,18,20,24H,2,5-6,8,12-13,16H2,1H3. The molecule has 0 spiro atoms. The van der Waals surface area contributed by atoms with Crippen molar-refractivity contribution in [2.24, 2.45) is 5.92 Å². The molecule has 27 heavy (non-hydrogen) atoms. The van der Waals surface area contributed by atoms with Crippen LogP contribution in [0.4, 0.5) is 0 Å². The van der Waals surface area contributed by atoms with Gasteiger partial charge in [0.2, 0.25) is 0 Å². The number of fused-ring (bicyclic) bond motifs is 1. The number of aromatic nitrogens is 1. The Balaban J connectivity index is 1.28. The van der Waals surface area contributed by atoms with Gasteiger partial charge in [0.15, 0.2) is 5.58 Å². The van der Waals surface area contributed by atoms with Crippen LogP contribution in [0, 0.1) is 5.92 Å². The summed E-state index contributed by atoms with van der Waals surface area (Å²) in [5, 5.41) is 3.73. The van der Waals surface area contributed by atoms with Crippen molar-refractivity contribution in [3.8, 4) is 11.8 Å². The van der Waals surface area contributed by atoms with Gasteiger partial charge in [0.1, 0.15) is 11.3 Å². The third kappa shape index (κ3) is 4.89. The van der Waals surface area contributed by atoms with E-state index in [4.69, 9.17) is 9.15 Å². The van der Waals surface area contributed by atoms with Crippen molar-refractivity contribution < 1.29 is 9.15 Å². The Bertz CT molecular complexity index is 819. The van der Waals surface area contributed by atoms with Crippen LogP contribution in [0.3, 0.4) is 0 Å². The summed E-state index contributed by atoms with van der Waals surface area (Å²) in [5.41, 5.74) is 2.90. The van der Waals surface area contributed by atoms with Crippen LogP contribution >= 0.6 is 0 Å². The zero-order valence-corrected chi connectivity index (χ0v) is 16.0. The van der Waals surface area contributed by atoms with Crippen LogP contribution in [0.25, 0.3) is 11.1 Å². The maximum atomic E-state index is 5.76. The van der Waals surface area contributed by atoms with Crippen molar-refractivity contribution >= 4 is 11.1 Å². The van der Waals surface area contributed by atoms with E-state index in [1.165, 1.54) is 37.7 Å². The molecule has 0 radical (unpaired) electrons. The Kier molecular flexibility index (Phi) is 5.73. The molecule has 4 rings (SSSR count). The van der Waals surface area contributed by atoms with Crippen molar-refractivity contribution in [3.05, 3.63) is 54.1 Å². The fraction of sp³-hybridized carbons (Fsp3) is 0.435. The van der Waals surface area contributed by atoms with Crippen molar-refractivity contribution in [1.82, 2.24) is 10.3 Å². The maximum absolute atomic E-state index is 5.76. The molecule has 4 heteroatoms. The van der Waals surface area contributed by atoms with Gasteiger partial charge in [-0.2, -0.15) is 4.98 Å². The zero-order valence-electron chi connectivity index (χ0n) is 16.0. The largest absolute Gasteiger partial charge is 0.411 e. The summed E-state index contributed by atoms with van der Waals surface area (Å²) < 4.78 is 11.4. The fourth-order valence-corrected chi connectivity index (χ4v) is 3.58. The first-order chi connectivity index (χ1) is 13.3. The normalized spacial score (nSPS) is 15.1. The second-order valence-corrected chi connectivity index (χ2v) is 7.48. The van der Waals surface area contributed by atoms with Gasteiger partial charge in [0.25, 0.3) is 0 Å². The number of oxazole rings is 1. The Morgan fingerprint density at radius 1 is 1.15 bits per heavy atom. The Morgan fingerprint density at radius 2 is 1.96 bits per heavy atom. The van der Waals surface area contributed by atoms with Gasteiger partial charge in [-0.25, -0.2) is 0 Å². The van der Waals surface area contributed by atoms with Gasteiger partial charge in [-0.3, -0.25) is 0 Å². The van der Waals surface area contributed by atoms with E-state index >= 15 is 0 Å². The van der Waals surface area contributed by atoms with Gasteiger partial charge in [-0.15, -0.1) is 0 Å². The average molecular weight is 364 g/mol. The van der Waals surface area contributed by atoms with E-state index in [2.05, 4.69) is 29.4 Å². The molecule has 0 saturated heterocycles.